The minimum atomic E-state index is -0.324. The summed E-state index contributed by atoms with van der Waals surface area (Å²) in [6, 6.07) is 18.4. The van der Waals surface area contributed by atoms with Crippen molar-refractivity contribution < 1.29 is 0 Å². The molecule has 0 saturated carbocycles. The first-order valence-electron chi connectivity index (χ1n) is 12.3. The third-order valence-corrected chi connectivity index (χ3v) is 6.06. The van der Waals surface area contributed by atoms with Crippen molar-refractivity contribution in [2.45, 2.75) is 32.2 Å². The molecule has 0 unspecified atom stereocenters. The van der Waals surface area contributed by atoms with Gasteiger partial charge in [0.2, 0.25) is 0 Å². The summed E-state index contributed by atoms with van der Waals surface area (Å²) in [4.78, 5) is 20.4. The number of aromatic nitrogens is 3. The number of fused-ring (bicyclic) bond motifs is 1. The van der Waals surface area contributed by atoms with E-state index in [9.17, 15) is 4.79 Å². The van der Waals surface area contributed by atoms with Crippen molar-refractivity contribution in [2.24, 2.45) is 11.5 Å². The molecular formula is C27H34N8O. The molecule has 36 heavy (non-hydrogen) atoms. The fourth-order valence-corrected chi connectivity index (χ4v) is 4.15. The molecule has 0 saturated heterocycles. The molecule has 0 aliphatic carbocycles. The highest BCUT2D eigenvalue weighted by atomic mass is 16.1. The van der Waals surface area contributed by atoms with E-state index in [2.05, 4.69) is 44.9 Å². The van der Waals surface area contributed by atoms with Gasteiger partial charge in [0, 0.05) is 30.4 Å². The number of nitrogens with one attached hydrogen (secondary N) is 4. The van der Waals surface area contributed by atoms with Gasteiger partial charge in [-0.2, -0.15) is 4.98 Å². The molecule has 0 aliphatic rings. The molecule has 2 heterocycles. The molecule has 0 bridgehead atoms. The number of guanidine groups is 1. The molecule has 0 amide bonds. The van der Waals surface area contributed by atoms with Gasteiger partial charge in [0.05, 0.1) is 5.69 Å². The number of unbranched alkanes of at least 4 members (excludes halogenated alkanes) is 1. The largest absolute Gasteiger partial charge is 0.370 e. The van der Waals surface area contributed by atoms with Crippen LogP contribution in [0.3, 0.4) is 0 Å². The quantitative estimate of drug-likeness (QED) is 0.103. The minimum absolute atomic E-state index is 0.00682. The van der Waals surface area contributed by atoms with E-state index in [4.69, 9.17) is 16.9 Å². The van der Waals surface area contributed by atoms with E-state index in [1.54, 1.807) is 4.57 Å². The zero-order chi connectivity index (χ0) is 25.3. The first-order valence-corrected chi connectivity index (χ1v) is 12.3. The van der Waals surface area contributed by atoms with Gasteiger partial charge in [-0.25, -0.2) is 4.79 Å². The maximum absolute atomic E-state index is 12.8. The van der Waals surface area contributed by atoms with Gasteiger partial charge < -0.3 is 27.1 Å². The van der Waals surface area contributed by atoms with E-state index in [1.807, 2.05) is 36.5 Å². The van der Waals surface area contributed by atoms with Gasteiger partial charge in [-0.1, -0.05) is 30.3 Å². The van der Waals surface area contributed by atoms with E-state index in [1.165, 1.54) is 5.56 Å². The predicted molar refractivity (Wildman–Crippen MR) is 145 cm³/mol. The van der Waals surface area contributed by atoms with Crippen LogP contribution in [-0.4, -0.2) is 40.1 Å². The molecule has 188 valence electrons. The van der Waals surface area contributed by atoms with Crippen LogP contribution in [0.1, 0.15) is 30.4 Å². The molecule has 0 atom stereocenters. The van der Waals surface area contributed by atoms with E-state index in [-0.39, 0.29) is 11.6 Å². The number of rotatable bonds is 12. The molecule has 9 heteroatoms. The van der Waals surface area contributed by atoms with E-state index in [0.29, 0.717) is 18.7 Å². The smallest absolute Gasteiger partial charge is 0.354 e. The van der Waals surface area contributed by atoms with Crippen molar-refractivity contribution in [1.29, 1.82) is 5.41 Å². The second kappa shape index (κ2) is 12.1. The average molecular weight is 487 g/mol. The molecule has 4 aromatic rings. The predicted octanol–water partition coefficient (Wildman–Crippen LogP) is 2.62. The zero-order valence-electron chi connectivity index (χ0n) is 20.4. The average Bonchev–Trinajstić information content (AvgIpc) is 3.29. The first kappa shape index (κ1) is 25.2. The van der Waals surface area contributed by atoms with Crippen molar-refractivity contribution in [3.63, 3.8) is 0 Å². The fourth-order valence-electron chi connectivity index (χ4n) is 4.15. The Bertz CT molecular complexity index is 1360. The zero-order valence-corrected chi connectivity index (χ0v) is 20.4. The number of aromatic amines is 1. The Labute approximate surface area is 210 Å². The van der Waals surface area contributed by atoms with Crippen LogP contribution in [0.2, 0.25) is 0 Å². The van der Waals surface area contributed by atoms with E-state index < -0.39 is 0 Å². The standard InChI is InChI=1S/C27H34N8O/c28-12-2-1-5-19-6-3-7-21(15-19)24-16-22-18-35(27(36)34-25(22)33-24)23-10-8-20(9-11-23)17-31-13-4-14-32-26(29)30/h3,6-11,15-16,18,31H,1-2,4-5,12-14,17,28H2,(H4,29,30,32)(H,33,34,36). The van der Waals surface area contributed by atoms with Crippen LogP contribution in [0.5, 0.6) is 0 Å². The fraction of sp³-hybridized carbons (Fsp3) is 0.296. The molecule has 2 aromatic heterocycles. The lowest BCUT2D eigenvalue weighted by atomic mass is 10.0. The van der Waals surface area contributed by atoms with Gasteiger partial charge in [0.25, 0.3) is 0 Å². The lowest BCUT2D eigenvalue weighted by molar-refractivity contribution is 0.639. The monoisotopic (exact) mass is 486 g/mol. The summed E-state index contributed by atoms with van der Waals surface area (Å²) in [5, 5.41) is 14.2. The molecule has 0 radical (unpaired) electrons. The molecule has 9 nitrogen and oxygen atoms in total. The normalized spacial score (nSPS) is 11.1. The summed E-state index contributed by atoms with van der Waals surface area (Å²) in [5.41, 5.74) is 16.3. The summed E-state index contributed by atoms with van der Waals surface area (Å²) >= 11 is 0. The SMILES string of the molecule is N=C(N)NCCCNCc1ccc(-n2cc3cc(-c4cccc(CCCCN)c4)[nH]c3nc2=O)cc1. The van der Waals surface area contributed by atoms with Gasteiger partial charge in [-0.15, -0.1) is 0 Å². The van der Waals surface area contributed by atoms with Crippen molar-refractivity contribution >= 4 is 17.0 Å². The van der Waals surface area contributed by atoms with Gasteiger partial charge in [0.1, 0.15) is 5.65 Å². The molecule has 4 rings (SSSR count). The number of hydrogen-bond donors (Lipinski definition) is 6. The van der Waals surface area contributed by atoms with Crippen LogP contribution in [0, 0.1) is 5.41 Å². The Morgan fingerprint density at radius 1 is 1.03 bits per heavy atom. The van der Waals surface area contributed by atoms with Crippen molar-refractivity contribution in [2.75, 3.05) is 19.6 Å². The molecule has 0 aliphatic heterocycles. The Morgan fingerprint density at radius 2 is 1.86 bits per heavy atom. The number of benzene rings is 2. The van der Waals surface area contributed by atoms with Crippen LogP contribution in [0.15, 0.2) is 65.6 Å². The Balaban J connectivity index is 1.44. The summed E-state index contributed by atoms with van der Waals surface area (Å²) in [6.45, 7) is 2.92. The Morgan fingerprint density at radius 3 is 2.64 bits per heavy atom. The number of nitrogens with zero attached hydrogens (tertiary/aromatic N) is 2. The van der Waals surface area contributed by atoms with Gasteiger partial charge in [0.15, 0.2) is 5.96 Å². The molecule has 8 N–H and O–H groups in total. The van der Waals surface area contributed by atoms with Crippen LogP contribution in [-0.2, 0) is 13.0 Å². The summed E-state index contributed by atoms with van der Waals surface area (Å²) in [5.74, 6) is -0.00682. The minimum Gasteiger partial charge on any atom is -0.370 e. The highest BCUT2D eigenvalue weighted by molar-refractivity contribution is 5.82. The Hall–Kier alpha value is -3.95. The third kappa shape index (κ3) is 6.59. The summed E-state index contributed by atoms with van der Waals surface area (Å²) < 4.78 is 1.58. The lowest BCUT2D eigenvalue weighted by Gasteiger charge is -2.08. The topological polar surface area (TPSA) is 151 Å². The van der Waals surface area contributed by atoms with Crippen molar-refractivity contribution in [1.82, 2.24) is 25.2 Å². The van der Waals surface area contributed by atoms with Gasteiger partial charge >= 0.3 is 5.69 Å². The van der Waals surface area contributed by atoms with Crippen molar-refractivity contribution in [3.05, 3.63) is 82.4 Å². The lowest BCUT2D eigenvalue weighted by Crippen LogP contribution is -2.32. The second-order valence-corrected chi connectivity index (χ2v) is 8.86. The van der Waals surface area contributed by atoms with E-state index in [0.717, 1.165) is 66.7 Å². The Kier molecular flexibility index (Phi) is 8.48. The molecule has 2 aromatic carbocycles. The molecular weight excluding hydrogens is 452 g/mol. The van der Waals surface area contributed by atoms with Gasteiger partial charge in [-0.3, -0.25) is 9.98 Å². The van der Waals surface area contributed by atoms with Gasteiger partial charge in [-0.05, 0) is 79.7 Å². The number of nitrogens with two attached hydrogens (primary N) is 2. The molecule has 0 fully saturated rings. The third-order valence-electron chi connectivity index (χ3n) is 6.06. The maximum atomic E-state index is 12.8. The van der Waals surface area contributed by atoms with Crippen LogP contribution in [0.25, 0.3) is 28.0 Å². The maximum Gasteiger partial charge on any atom is 0.354 e. The van der Waals surface area contributed by atoms with Crippen LogP contribution in [0.4, 0.5) is 0 Å². The second-order valence-electron chi connectivity index (χ2n) is 8.86. The highest BCUT2D eigenvalue weighted by Crippen LogP contribution is 2.24. The van der Waals surface area contributed by atoms with Crippen molar-refractivity contribution in [3.8, 4) is 16.9 Å². The molecule has 0 spiro atoms. The van der Waals surface area contributed by atoms with Crippen LogP contribution >= 0.6 is 0 Å². The summed E-state index contributed by atoms with van der Waals surface area (Å²) in [7, 11) is 0. The summed E-state index contributed by atoms with van der Waals surface area (Å²) in [6.07, 6.45) is 5.79. The first-order chi connectivity index (χ1) is 17.5. The number of hydrogen-bond acceptors (Lipinski definition) is 5. The number of aryl methyl sites for hydroxylation is 1. The van der Waals surface area contributed by atoms with Crippen LogP contribution < -0.4 is 27.8 Å². The van der Waals surface area contributed by atoms with E-state index >= 15 is 0 Å². The highest BCUT2D eigenvalue weighted by Gasteiger charge is 2.09. The number of H-pyrrole nitrogens is 1.